The molecule has 6 aliphatic rings. The molecule has 1 spiro atoms. The summed E-state index contributed by atoms with van der Waals surface area (Å²) in [6.45, 7) is 4.58. The van der Waals surface area contributed by atoms with Crippen molar-refractivity contribution < 1.29 is 13.5 Å². The quantitative estimate of drug-likeness (QED) is 0.489. The van der Waals surface area contributed by atoms with Crippen molar-refractivity contribution in [2.24, 2.45) is 0 Å². The highest BCUT2D eigenvalue weighted by Crippen LogP contribution is 2.78. The van der Waals surface area contributed by atoms with Crippen LogP contribution in [0.4, 0.5) is 14.5 Å². The number of anilines is 1. The number of nitrogens with one attached hydrogen (secondary N) is 2. The van der Waals surface area contributed by atoms with E-state index >= 15 is 4.39 Å². The molecule has 2 aromatic carbocycles. The highest BCUT2D eigenvalue weighted by molar-refractivity contribution is 5.85. The molecule has 1 saturated heterocycles. The molecule has 3 aliphatic carbocycles. The Hall–Kier alpha value is -2.48. The molecule has 0 amide bonds. The Balaban J connectivity index is 1.22. The predicted molar refractivity (Wildman–Crippen MR) is 140 cm³/mol. The molecule has 9 rings (SSSR count). The van der Waals surface area contributed by atoms with E-state index in [2.05, 4.69) is 57.4 Å². The fraction of sp³-hybridized carbons (Fsp3) is 0.533. The number of aromatic amines is 1. The first-order valence-electron chi connectivity index (χ1n) is 13.8. The van der Waals surface area contributed by atoms with Crippen molar-refractivity contribution in [1.82, 2.24) is 14.8 Å². The Morgan fingerprint density at radius 2 is 2.00 bits per heavy atom. The molecule has 0 radical (unpaired) electrons. The number of fused-ring (bicyclic) bond motifs is 7. The first-order chi connectivity index (χ1) is 18.0. The molecule has 2 N–H and O–H groups in total. The molecule has 1 unspecified atom stereocenters. The van der Waals surface area contributed by atoms with Gasteiger partial charge in [-0.2, -0.15) is 0 Å². The zero-order chi connectivity index (χ0) is 25.1. The second-order valence-corrected chi connectivity index (χ2v) is 12.2. The van der Waals surface area contributed by atoms with Crippen molar-refractivity contribution in [2.75, 3.05) is 38.7 Å². The number of likely N-dealkylation sites (tertiary alicyclic amines) is 1. The van der Waals surface area contributed by atoms with Gasteiger partial charge in [-0.1, -0.05) is 18.2 Å². The third kappa shape index (κ3) is 2.78. The monoisotopic (exact) mass is 504 g/mol. The van der Waals surface area contributed by atoms with Gasteiger partial charge in [-0.3, -0.25) is 14.2 Å². The molecule has 37 heavy (non-hydrogen) atoms. The van der Waals surface area contributed by atoms with Crippen LogP contribution in [-0.2, 0) is 11.2 Å². The van der Waals surface area contributed by atoms with Gasteiger partial charge in [-0.05, 0) is 61.9 Å². The van der Waals surface area contributed by atoms with Gasteiger partial charge in [-0.15, -0.1) is 0 Å². The number of halogens is 2. The average molecular weight is 505 g/mol. The van der Waals surface area contributed by atoms with Crippen molar-refractivity contribution in [3.05, 3.63) is 64.6 Å². The molecule has 3 saturated carbocycles. The lowest BCUT2D eigenvalue weighted by atomic mass is 9.34. The second kappa shape index (κ2) is 7.55. The maximum absolute atomic E-state index is 16.3. The third-order valence-electron chi connectivity index (χ3n) is 10.2. The smallest absolute Gasteiger partial charge is 0.130 e. The molecule has 3 aromatic rings. The van der Waals surface area contributed by atoms with Gasteiger partial charge in [0.05, 0.1) is 24.4 Å². The van der Waals surface area contributed by atoms with Crippen LogP contribution in [0.15, 0.2) is 36.4 Å². The summed E-state index contributed by atoms with van der Waals surface area (Å²) in [5, 5.41) is 4.84. The Bertz CT molecular complexity index is 1410. The van der Waals surface area contributed by atoms with E-state index in [1.807, 2.05) is 7.11 Å². The number of nitrogens with zero attached hydrogens (tertiary/aromatic N) is 2. The SMILES string of the molecule is COC12CC3(C1)C2c1cc(NC2CN(CCCF)C2)cc(F)c1[C@H]1c2[nH]c4ccccc4c2C[C@H](C)N13. The van der Waals surface area contributed by atoms with Crippen LogP contribution in [0.2, 0.25) is 0 Å². The van der Waals surface area contributed by atoms with Crippen molar-refractivity contribution >= 4 is 16.6 Å². The zero-order valence-electron chi connectivity index (χ0n) is 21.5. The van der Waals surface area contributed by atoms with Crippen molar-refractivity contribution in [3.63, 3.8) is 0 Å². The van der Waals surface area contributed by atoms with Crippen molar-refractivity contribution in [3.8, 4) is 0 Å². The molecule has 1 aromatic heterocycles. The van der Waals surface area contributed by atoms with Gasteiger partial charge in [0.15, 0.2) is 0 Å². The van der Waals surface area contributed by atoms with Gasteiger partial charge < -0.3 is 15.0 Å². The number of hydrogen-bond acceptors (Lipinski definition) is 4. The molecular weight excluding hydrogens is 470 g/mol. The third-order valence-corrected chi connectivity index (χ3v) is 10.2. The highest BCUT2D eigenvalue weighted by Gasteiger charge is 2.82. The van der Waals surface area contributed by atoms with Crippen LogP contribution in [0.25, 0.3) is 10.9 Å². The van der Waals surface area contributed by atoms with E-state index in [4.69, 9.17) is 4.74 Å². The van der Waals surface area contributed by atoms with Crippen molar-refractivity contribution in [2.45, 2.75) is 67.8 Å². The zero-order valence-corrected chi connectivity index (χ0v) is 21.5. The molecule has 5 nitrogen and oxygen atoms in total. The van der Waals surface area contributed by atoms with E-state index in [0.29, 0.717) is 12.5 Å². The van der Waals surface area contributed by atoms with Gasteiger partial charge in [0.25, 0.3) is 0 Å². The van der Waals surface area contributed by atoms with Crippen LogP contribution in [0, 0.1) is 5.82 Å². The van der Waals surface area contributed by atoms with E-state index in [1.165, 1.54) is 10.9 Å². The molecule has 2 bridgehead atoms. The summed E-state index contributed by atoms with van der Waals surface area (Å²) in [7, 11) is 1.82. The number of H-pyrrole nitrogens is 1. The second-order valence-electron chi connectivity index (χ2n) is 12.2. The van der Waals surface area contributed by atoms with Gasteiger partial charge >= 0.3 is 0 Å². The van der Waals surface area contributed by atoms with Crippen molar-refractivity contribution in [1.29, 1.82) is 0 Å². The van der Waals surface area contributed by atoms with Crippen LogP contribution >= 0.6 is 0 Å². The van der Waals surface area contributed by atoms with Crippen LogP contribution in [0.1, 0.15) is 60.5 Å². The molecule has 3 atom stereocenters. The predicted octanol–water partition coefficient (Wildman–Crippen LogP) is 5.13. The van der Waals surface area contributed by atoms with Crippen LogP contribution in [0.5, 0.6) is 0 Å². The summed E-state index contributed by atoms with van der Waals surface area (Å²) in [5.41, 5.74) is 6.30. The Labute approximate surface area is 216 Å². The minimum absolute atomic E-state index is 0.0345. The van der Waals surface area contributed by atoms with Gasteiger partial charge in [0.2, 0.25) is 0 Å². The molecule has 194 valence electrons. The Morgan fingerprint density at radius 1 is 1.19 bits per heavy atom. The number of benzene rings is 2. The lowest BCUT2D eigenvalue weighted by Crippen LogP contribution is -2.87. The number of aromatic nitrogens is 1. The minimum Gasteiger partial charge on any atom is -0.380 e. The number of alkyl halides is 1. The maximum Gasteiger partial charge on any atom is 0.130 e. The number of methoxy groups -OCH3 is 1. The maximum atomic E-state index is 16.3. The first-order valence-corrected chi connectivity index (χ1v) is 13.8. The lowest BCUT2D eigenvalue weighted by Gasteiger charge is -2.81. The van der Waals surface area contributed by atoms with E-state index < -0.39 is 0 Å². The standard InChI is InChI=1S/C30H34F2N4O/c1-17-10-21-20-6-3-4-7-24(20)34-26(21)27-25-22(28-29(36(17)27)15-30(28,16-29)37-2)11-18(12-23(25)32)33-19-13-35(14-19)9-5-8-31/h3-4,6-7,11-12,17,19,27-28,33-34H,5,8-10,13-16H2,1-2H3/t17-,27-,28?,29?,30?/m0/s1. The van der Waals surface area contributed by atoms with Gasteiger partial charge in [0, 0.05) is 72.1 Å². The summed E-state index contributed by atoms with van der Waals surface area (Å²) in [6.07, 6.45) is 3.58. The molecule has 3 aliphatic heterocycles. The van der Waals surface area contributed by atoms with Crippen LogP contribution in [0.3, 0.4) is 0 Å². The fourth-order valence-corrected chi connectivity index (χ4v) is 8.84. The Morgan fingerprint density at radius 3 is 2.78 bits per heavy atom. The first kappa shape index (κ1) is 22.5. The van der Waals surface area contributed by atoms with E-state index in [0.717, 1.165) is 66.9 Å². The summed E-state index contributed by atoms with van der Waals surface area (Å²) in [6, 6.07) is 12.9. The van der Waals surface area contributed by atoms with E-state index in [1.54, 1.807) is 6.07 Å². The summed E-state index contributed by atoms with van der Waals surface area (Å²) < 4.78 is 35.0. The minimum atomic E-state index is -0.274. The number of para-hydroxylation sites is 1. The van der Waals surface area contributed by atoms with Crippen LogP contribution in [-0.4, -0.2) is 71.4 Å². The highest BCUT2D eigenvalue weighted by atomic mass is 19.1. The summed E-state index contributed by atoms with van der Waals surface area (Å²) in [4.78, 5) is 8.61. The largest absolute Gasteiger partial charge is 0.380 e. The van der Waals surface area contributed by atoms with Crippen LogP contribution < -0.4 is 5.32 Å². The number of ether oxygens (including phenoxy) is 1. The van der Waals surface area contributed by atoms with E-state index in [-0.39, 0.29) is 41.6 Å². The molecule has 7 heteroatoms. The number of rotatable bonds is 6. The Kier molecular flexibility index (Phi) is 4.59. The van der Waals surface area contributed by atoms with Gasteiger partial charge in [0.1, 0.15) is 5.82 Å². The average Bonchev–Trinajstić information content (AvgIpc) is 3.18. The number of hydrogen-bond donors (Lipinski definition) is 2. The fourth-order valence-electron chi connectivity index (χ4n) is 8.84. The molecule has 4 heterocycles. The summed E-state index contributed by atoms with van der Waals surface area (Å²) in [5.74, 6) is 0.0676. The van der Waals surface area contributed by atoms with E-state index in [9.17, 15) is 4.39 Å². The topological polar surface area (TPSA) is 43.5 Å². The normalized spacial score (nSPS) is 34.0. The molecule has 4 fully saturated rings. The molecular formula is C30H34F2N4O. The lowest BCUT2D eigenvalue weighted by molar-refractivity contribution is -0.320. The van der Waals surface area contributed by atoms with Gasteiger partial charge in [-0.25, -0.2) is 4.39 Å². The summed E-state index contributed by atoms with van der Waals surface area (Å²) >= 11 is 0.